The highest BCUT2D eigenvalue weighted by Crippen LogP contribution is 2.42. The Kier molecular flexibility index (Phi) is 9.00. The van der Waals surface area contributed by atoms with E-state index in [1.165, 1.54) is 6.07 Å². The summed E-state index contributed by atoms with van der Waals surface area (Å²) < 4.78 is 45.5. The van der Waals surface area contributed by atoms with E-state index in [0.717, 1.165) is 25.3 Å². The maximum atomic E-state index is 13.3. The first-order valence-corrected chi connectivity index (χ1v) is 8.56. The van der Waals surface area contributed by atoms with Gasteiger partial charge < -0.3 is 14.9 Å². The van der Waals surface area contributed by atoms with Crippen LogP contribution in [-0.2, 0) is 6.18 Å². The van der Waals surface area contributed by atoms with Crippen molar-refractivity contribution in [3.05, 3.63) is 41.5 Å². The van der Waals surface area contributed by atoms with Crippen LogP contribution in [0.15, 0.2) is 30.4 Å². The van der Waals surface area contributed by atoms with Gasteiger partial charge in [0.2, 0.25) is 0 Å². The van der Waals surface area contributed by atoms with Gasteiger partial charge >= 0.3 is 6.18 Å². The molecule has 0 radical (unpaired) electrons. The maximum absolute atomic E-state index is 13.3. The summed E-state index contributed by atoms with van der Waals surface area (Å²) in [6.07, 6.45) is 2.01. The summed E-state index contributed by atoms with van der Waals surface area (Å²) in [5.41, 5.74) is -0.502. The van der Waals surface area contributed by atoms with Gasteiger partial charge in [-0.15, -0.1) is 0 Å². The lowest BCUT2D eigenvalue weighted by Gasteiger charge is -2.24. The van der Waals surface area contributed by atoms with Crippen LogP contribution in [0.5, 0.6) is 5.75 Å². The highest BCUT2D eigenvalue weighted by atomic mass is 19.4. The molecule has 1 unspecified atom stereocenters. The van der Waals surface area contributed by atoms with Gasteiger partial charge in [-0.3, -0.25) is 0 Å². The van der Waals surface area contributed by atoms with E-state index in [0.29, 0.717) is 5.56 Å². The zero-order valence-electron chi connectivity index (χ0n) is 14.7. The van der Waals surface area contributed by atoms with Gasteiger partial charge in [-0.2, -0.15) is 13.2 Å². The number of hydrogen-bond acceptors (Lipinski definition) is 3. The number of aliphatic hydroxyl groups excluding tert-OH is 2. The molecule has 0 amide bonds. The van der Waals surface area contributed by atoms with E-state index in [1.807, 2.05) is 6.08 Å². The summed E-state index contributed by atoms with van der Waals surface area (Å²) in [4.78, 5) is 0. The van der Waals surface area contributed by atoms with E-state index in [2.05, 4.69) is 6.92 Å². The highest BCUT2D eigenvalue weighted by Gasteiger charge is 2.36. The molecule has 0 saturated carbocycles. The molecule has 3 nitrogen and oxygen atoms in total. The van der Waals surface area contributed by atoms with E-state index in [9.17, 15) is 23.4 Å². The molecule has 0 bridgehead atoms. The third-order valence-corrected chi connectivity index (χ3v) is 4.23. The molecule has 2 N–H and O–H groups in total. The van der Waals surface area contributed by atoms with E-state index in [1.54, 1.807) is 19.1 Å². The third-order valence-electron chi connectivity index (χ3n) is 4.23. The van der Waals surface area contributed by atoms with Crippen molar-refractivity contribution in [3.63, 3.8) is 0 Å². The third kappa shape index (κ3) is 6.36. The number of hydrogen-bond donors (Lipinski definition) is 2. The normalized spacial score (nSPS) is 13.6. The fourth-order valence-electron chi connectivity index (χ4n) is 2.56. The summed E-state index contributed by atoms with van der Waals surface area (Å²) in [5, 5.41) is 18.7. The molecule has 1 rings (SSSR count). The maximum Gasteiger partial charge on any atom is 0.419 e. The fraction of sp³-hybridized carbons (Fsp3) is 0.579. The largest absolute Gasteiger partial charge is 0.489 e. The summed E-state index contributed by atoms with van der Waals surface area (Å²) in [7, 11) is 0. The highest BCUT2D eigenvalue weighted by molar-refractivity contribution is 5.45. The van der Waals surface area contributed by atoms with Crippen molar-refractivity contribution in [2.45, 2.75) is 45.2 Å². The van der Waals surface area contributed by atoms with Crippen LogP contribution in [0.4, 0.5) is 13.2 Å². The molecule has 0 aromatic heterocycles. The Hall–Kier alpha value is -1.53. The van der Waals surface area contributed by atoms with Crippen molar-refractivity contribution < 1.29 is 28.1 Å². The average Bonchev–Trinajstić information content (AvgIpc) is 2.58. The van der Waals surface area contributed by atoms with Gasteiger partial charge in [0.1, 0.15) is 12.4 Å². The second kappa shape index (κ2) is 10.5. The molecule has 25 heavy (non-hydrogen) atoms. The van der Waals surface area contributed by atoms with Gasteiger partial charge in [0, 0.05) is 19.1 Å². The van der Waals surface area contributed by atoms with Crippen molar-refractivity contribution in [1.29, 1.82) is 0 Å². The molecule has 0 fully saturated rings. The number of allylic oxidation sites excluding steroid dienone is 1. The standard InChI is InChI=1S/C19H27F3O3/c1-3-4-5-6-7-11-25-18-16(14(2)15(12-23)13-24)9-8-10-17(18)19(20,21)22/h6-10,14-15,23-24H,3-5,11-13H2,1-2H3/b7-6+. The van der Waals surface area contributed by atoms with Gasteiger partial charge in [0.05, 0.1) is 5.56 Å². The molecule has 0 aliphatic heterocycles. The number of rotatable bonds is 10. The summed E-state index contributed by atoms with van der Waals surface area (Å²) in [6, 6.07) is 3.86. The van der Waals surface area contributed by atoms with E-state index < -0.39 is 23.6 Å². The number of para-hydroxylation sites is 1. The van der Waals surface area contributed by atoms with Gasteiger partial charge in [-0.1, -0.05) is 51.0 Å². The number of halogens is 3. The lowest BCUT2D eigenvalue weighted by Crippen LogP contribution is -2.20. The Morgan fingerprint density at radius 1 is 1.16 bits per heavy atom. The van der Waals surface area contributed by atoms with Crippen molar-refractivity contribution >= 4 is 0 Å². The first-order chi connectivity index (χ1) is 11.9. The average molecular weight is 360 g/mol. The first kappa shape index (κ1) is 21.5. The van der Waals surface area contributed by atoms with Crippen LogP contribution in [0.2, 0.25) is 0 Å². The molecule has 0 aliphatic rings. The topological polar surface area (TPSA) is 49.7 Å². The summed E-state index contributed by atoms with van der Waals surface area (Å²) in [6.45, 7) is 3.15. The zero-order chi connectivity index (χ0) is 18.9. The van der Waals surface area contributed by atoms with Crippen LogP contribution in [0.25, 0.3) is 0 Å². The van der Waals surface area contributed by atoms with Gasteiger partial charge in [-0.25, -0.2) is 0 Å². The quantitative estimate of drug-likeness (QED) is 0.476. The molecule has 6 heteroatoms. The van der Waals surface area contributed by atoms with E-state index in [-0.39, 0.29) is 25.6 Å². The molecule has 1 aromatic rings. The Morgan fingerprint density at radius 2 is 1.84 bits per heavy atom. The Labute approximate surface area is 147 Å². The summed E-state index contributed by atoms with van der Waals surface area (Å²) in [5.74, 6) is -1.25. The van der Waals surface area contributed by atoms with Gasteiger partial charge in [-0.05, 0) is 24.0 Å². The Bertz CT molecular complexity index is 537. The lowest BCUT2D eigenvalue weighted by molar-refractivity contribution is -0.139. The number of alkyl halides is 3. The van der Waals surface area contributed by atoms with E-state index >= 15 is 0 Å². The van der Waals surface area contributed by atoms with E-state index in [4.69, 9.17) is 4.74 Å². The van der Waals surface area contributed by atoms with Crippen molar-refractivity contribution in [2.24, 2.45) is 5.92 Å². The molecule has 1 aromatic carbocycles. The van der Waals surface area contributed by atoms with Crippen LogP contribution < -0.4 is 4.74 Å². The minimum absolute atomic E-state index is 0.0411. The Morgan fingerprint density at radius 3 is 2.40 bits per heavy atom. The van der Waals surface area contributed by atoms with Crippen molar-refractivity contribution in [1.82, 2.24) is 0 Å². The SMILES string of the molecule is CCCC/C=C/COc1c(C(C)C(CO)CO)cccc1C(F)(F)F. The molecule has 0 saturated heterocycles. The molecular weight excluding hydrogens is 333 g/mol. The molecule has 142 valence electrons. The molecular formula is C19H27F3O3. The number of benzene rings is 1. The van der Waals surface area contributed by atoms with Gasteiger partial charge in [0.15, 0.2) is 0 Å². The predicted molar refractivity (Wildman–Crippen MR) is 91.7 cm³/mol. The monoisotopic (exact) mass is 360 g/mol. The van der Waals surface area contributed by atoms with Crippen LogP contribution in [0, 0.1) is 5.92 Å². The Balaban J connectivity index is 3.09. The number of aliphatic hydroxyl groups is 2. The fourth-order valence-corrected chi connectivity index (χ4v) is 2.56. The van der Waals surface area contributed by atoms with Crippen LogP contribution in [-0.4, -0.2) is 30.0 Å². The molecule has 0 spiro atoms. The molecule has 0 aliphatic carbocycles. The second-order valence-corrected chi connectivity index (χ2v) is 6.06. The summed E-state index contributed by atoms with van der Waals surface area (Å²) >= 11 is 0. The minimum atomic E-state index is -4.54. The smallest absolute Gasteiger partial charge is 0.419 e. The van der Waals surface area contributed by atoms with Crippen LogP contribution in [0.1, 0.15) is 50.2 Å². The predicted octanol–water partition coefficient (Wildman–Crippen LogP) is 4.53. The first-order valence-electron chi connectivity index (χ1n) is 8.56. The van der Waals surface area contributed by atoms with Crippen molar-refractivity contribution in [3.8, 4) is 5.75 Å². The van der Waals surface area contributed by atoms with Crippen LogP contribution >= 0.6 is 0 Å². The number of unbranched alkanes of at least 4 members (excludes halogenated alkanes) is 2. The molecule has 0 heterocycles. The van der Waals surface area contributed by atoms with Gasteiger partial charge in [0.25, 0.3) is 0 Å². The lowest BCUT2D eigenvalue weighted by atomic mass is 9.87. The zero-order valence-corrected chi connectivity index (χ0v) is 14.7. The minimum Gasteiger partial charge on any atom is -0.489 e. The number of ether oxygens (including phenoxy) is 1. The van der Waals surface area contributed by atoms with Crippen molar-refractivity contribution in [2.75, 3.05) is 19.8 Å². The molecule has 1 atom stereocenters. The van der Waals surface area contributed by atoms with Crippen LogP contribution in [0.3, 0.4) is 0 Å². The second-order valence-electron chi connectivity index (χ2n) is 6.06.